The number of benzene rings is 3. The van der Waals surface area contributed by atoms with E-state index in [0.29, 0.717) is 43.4 Å². The van der Waals surface area contributed by atoms with E-state index < -0.39 is 17.7 Å². The fraction of sp³-hybridized carbons (Fsp3) is 0.0714. The van der Waals surface area contributed by atoms with Crippen LogP contribution in [0.3, 0.4) is 0 Å². The normalized spacial score (nSPS) is 13.3. The molecule has 0 unspecified atom stereocenters. The summed E-state index contributed by atoms with van der Waals surface area (Å²) >= 11 is 19.8. The molecule has 0 atom stereocenters. The van der Waals surface area contributed by atoms with Gasteiger partial charge in [0.25, 0.3) is 17.7 Å². The molecule has 11 heteroatoms. The topological polar surface area (TPSA) is 91.4 Å². The second-order valence-electron chi connectivity index (χ2n) is 8.68. The minimum atomic E-state index is -0.618. The van der Waals surface area contributed by atoms with E-state index in [1.165, 1.54) is 11.3 Å². The molecule has 2 N–H and O–H groups in total. The first-order valence-corrected chi connectivity index (χ1v) is 13.6. The molecule has 0 radical (unpaired) electrons. The standard InChI is InChI=1S/C28H19Cl3N4O3S/c1-14-5-3-8-22(15(14)2)35-26(37)23(31)24(27(35)38)32-18-7-4-6-16(11-18)25(36)34-28-33-21(13-39-28)19-10-9-17(29)12-20(19)30/h3-13,32H,1-2H3,(H,33,34,36). The summed E-state index contributed by atoms with van der Waals surface area (Å²) in [5, 5.41) is 8.58. The van der Waals surface area contributed by atoms with Gasteiger partial charge in [-0.2, -0.15) is 0 Å². The zero-order valence-electron chi connectivity index (χ0n) is 20.5. The number of aryl methyl sites for hydroxylation is 1. The van der Waals surface area contributed by atoms with E-state index in [4.69, 9.17) is 34.8 Å². The molecule has 0 aliphatic carbocycles. The van der Waals surface area contributed by atoms with Gasteiger partial charge in [-0.25, -0.2) is 9.88 Å². The second kappa shape index (κ2) is 10.8. The summed E-state index contributed by atoms with van der Waals surface area (Å²) in [6.07, 6.45) is 0. The van der Waals surface area contributed by atoms with E-state index in [0.717, 1.165) is 16.0 Å². The van der Waals surface area contributed by atoms with Crippen molar-refractivity contribution in [1.82, 2.24) is 4.98 Å². The number of amides is 3. The highest BCUT2D eigenvalue weighted by Gasteiger charge is 2.39. The minimum Gasteiger partial charge on any atom is -0.350 e. The molecule has 0 spiro atoms. The molecule has 3 amide bonds. The predicted octanol–water partition coefficient (Wildman–Crippen LogP) is 7.42. The van der Waals surface area contributed by atoms with Gasteiger partial charge in [-0.3, -0.25) is 19.7 Å². The van der Waals surface area contributed by atoms with Crippen LogP contribution in [0.1, 0.15) is 21.5 Å². The highest BCUT2D eigenvalue weighted by molar-refractivity contribution is 7.14. The Balaban J connectivity index is 1.33. The monoisotopic (exact) mass is 596 g/mol. The fourth-order valence-corrected chi connectivity index (χ4v) is 5.44. The summed E-state index contributed by atoms with van der Waals surface area (Å²) in [6, 6.07) is 16.9. The van der Waals surface area contributed by atoms with Crippen molar-refractivity contribution in [3.8, 4) is 11.3 Å². The molecule has 196 valence electrons. The zero-order chi connectivity index (χ0) is 27.8. The Morgan fingerprint density at radius 3 is 2.49 bits per heavy atom. The average Bonchev–Trinajstić information content (AvgIpc) is 3.44. The number of anilines is 3. The maximum absolute atomic E-state index is 13.2. The van der Waals surface area contributed by atoms with E-state index >= 15 is 0 Å². The van der Waals surface area contributed by atoms with Gasteiger partial charge in [0.2, 0.25) is 0 Å². The number of aromatic nitrogens is 1. The van der Waals surface area contributed by atoms with E-state index in [-0.39, 0.29) is 10.7 Å². The van der Waals surface area contributed by atoms with Crippen LogP contribution in [0.5, 0.6) is 0 Å². The van der Waals surface area contributed by atoms with Gasteiger partial charge >= 0.3 is 0 Å². The van der Waals surface area contributed by atoms with Crippen molar-refractivity contribution in [2.75, 3.05) is 15.5 Å². The van der Waals surface area contributed by atoms with Gasteiger partial charge in [-0.15, -0.1) is 11.3 Å². The number of hydrogen-bond donors (Lipinski definition) is 2. The highest BCUT2D eigenvalue weighted by Crippen LogP contribution is 2.34. The van der Waals surface area contributed by atoms with Crippen LogP contribution in [-0.2, 0) is 9.59 Å². The predicted molar refractivity (Wildman–Crippen MR) is 157 cm³/mol. The Labute approximate surface area is 243 Å². The minimum absolute atomic E-state index is 0.0652. The highest BCUT2D eigenvalue weighted by atomic mass is 35.5. The molecular formula is C28H19Cl3N4O3S. The Morgan fingerprint density at radius 1 is 0.949 bits per heavy atom. The van der Waals surface area contributed by atoms with E-state index in [1.54, 1.807) is 60.0 Å². The molecule has 4 aromatic rings. The molecule has 0 fully saturated rings. The molecule has 0 saturated carbocycles. The maximum atomic E-state index is 13.2. The molecule has 7 nitrogen and oxygen atoms in total. The van der Waals surface area contributed by atoms with Gasteiger partial charge in [0.15, 0.2) is 5.13 Å². The van der Waals surface area contributed by atoms with Crippen LogP contribution in [0, 0.1) is 13.8 Å². The van der Waals surface area contributed by atoms with Gasteiger partial charge in [0.1, 0.15) is 10.7 Å². The van der Waals surface area contributed by atoms with Crippen LogP contribution in [-0.4, -0.2) is 22.7 Å². The van der Waals surface area contributed by atoms with Crippen LogP contribution in [0.15, 0.2) is 76.8 Å². The third kappa shape index (κ3) is 5.29. The van der Waals surface area contributed by atoms with Crippen molar-refractivity contribution < 1.29 is 14.4 Å². The third-order valence-corrected chi connectivity index (χ3v) is 7.83. The zero-order valence-corrected chi connectivity index (χ0v) is 23.6. The lowest BCUT2D eigenvalue weighted by molar-refractivity contribution is -0.120. The summed E-state index contributed by atoms with van der Waals surface area (Å²) in [6.45, 7) is 3.73. The summed E-state index contributed by atoms with van der Waals surface area (Å²) in [5.41, 5.74) is 4.15. The fourth-order valence-electron chi connectivity index (χ4n) is 4.01. The maximum Gasteiger partial charge on any atom is 0.283 e. The first kappa shape index (κ1) is 26.9. The lowest BCUT2D eigenvalue weighted by Gasteiger charge is -2.18. The van der Waals surface area contributed by atoms with Crippen molar-refractivity contribution in [3.05, 3.63) is 104 Å². The molecule has 1 aromatic heterocycles. The van der Waals surface area contributed by atoms with Crippen molar-refractivity contribution in [3.63, 3.8) is 0 Å². The number of carbonyl (C=O) groups excluding carboxylic acids is 3. The Bertz CT molecular complexity index is 1700. The van der Waals surface area contributed by atoms with Gasteiger partial charge in [0, 0.05) is 27.2 Å². The number of imide groups is 1. The summed E-state index contributed by atoms with van der Waals surface area (Å²) in [4.78, 5) is 44.6. The molecule has 1 aliphatic heterocycles. The van der Waals surface area contributed by atoms with Crippen LogP contribution in [0.4, 0.5) is 16.5 Å². The number of nitrogens with one attached hydrogen (secondary N) is 2. The second-order valence-corrected chi connectivity index (χ2v) is 10.8. The van der Waals surface area contributed by atoms with E-state index in [9.17, 15) is 14.4 Å². The molecular weight excluding hydrogens is 579 g/mol. The van der Waals surface area contributed by atoms with Gasteiger partial charge in [-0.05, 0) is 67.4 Å². The first-order chi connectivity index (χ1) is 18.6. The van der Waals surface area contributed by atoms with Crippen molar-refractivity contribution >= 4 is 80.4 Å². The number of rotatable bonds is 6. The Morgan fingerprint density at radius 2 is 1.72 bits per heavy atom. The summed E-state index contributed by atoms with van der Waals surface area (Å²) in [5.74, 6) is -1.61. The molecule has 1 aliphatic rings. The summed E-state index contributed by atoms with van der Waals surface area (Å²) in [7, 11) is 0. The molecule has 2 heterocycles. The lowest BCUT2D eigenvalue weighted by Crippen LogP contribution is -2.33. The van der Waals surface area contributed by atoms with Crippen LogP contribution < -0.4 is 15.5 Å². The van der Waals surface area contributed by atoms with Crippen LogP contribution >= 0.6 is 46.1 Å². The summed E-state index contributed by atoms with van der Waals surface area (Å²) < 4.78 is 0. The quantitative estimate of drug-likeness (QED) is 0.226. The Hall–Kier alpha value is -3.69. The number of hydrogen-bond acceptors (Lipinski definition) is 6. The number of carbonyl (C=O) groups is 3. The van der Waals surface area contributed by atoms with Crippen LogP contribution in [0.25, 0.3) is 11.3 Å². The van der Waals surface area contributed by atoms with Crippen molar-refractivity contribution in [1.29, 1.82) is 0 Å². The average molecular weight is 598 g/mol. The Kier molecular flexibility index (Phi) is 7.46. The van der Waals surface area contributed by atoms with Gasteiger partial charge < -0.3 is 5.32 Å². The van der Waals surface area contributed by atoms with Gasteiger partial charge in [-0.1, -0.05) is 53.0 Å². The molecule has 3 aromatic carbocycles. The first-order valence-electron chi connectivity index (χ1n) is 11.6. The number of halogens is 3. The smallest absolute Gasteiger partial charge is 0.283 e. The van der Waals surface area contributed by atoms with Crippen LogP contribution in [0.2, 0.25) is 10.0 Å². The van der Waals surface area contributed by atoms with E-state index in [2.05, 4.69) is 15.6 Å². The largest absolute Gasteiger partial charge is 0.350 e. The molecule has 0 bridgehead atoms. The van der Waals surface area contributed by atoms with Crippen molar-refractivity contribution in [2.45, 2.75) is 13.8 Å². The van der Waals surface area contributed by atoms with Gasteiger partial charge in [0.05, 0.1) is 16.4 Å². The molecule has 5 rings (SSSR count). The molecule has 0 saturated heterocycles. The van der Waals surface area contributed by atoms with E-state index in [1.807, 2.05) is 19.9 Å². The lowest BCUT2D eigenvalue weighted by atomic mass is 10.1. The number of thiazole rings is 1. The number of nitrogens with zero attached hydrogens (tertiary/aromatic N) is 2. The third-order valence-electron chi connectivity index (χ3n) is 6.17. The molecule has 39 heavy (non-hydrogen) atoms. The SMILES string of the molecule is Cc1cccc(N2C(=O)C(Cl)=C(Nc3cccc(C(=O)Nc4nc(-c5ccc(Cl)cc5Cl)cs4)c3)C2=O)c1C. The van der Waals surface area contributed by atoms with Crippen molar-refractivity contribution in [2.24, 2.45) is 0 Å².